The largest absolute Gasteiger partial charge is 0.497 e. The molecule has 0 aliphatic carbocycles. The smallest absolute Gasteiger partial charge is 0.119 e. The van der Waals surface area contributed by atoms with Gasteiger partial charge < -0.3 is 9.64 Å². The van der Waals surface area contributed by atoms with Gasteiger partial charge in [0.25, 0.3) is 0 Å². The fraction of sp³-hybridized carbons (Fsp3) is 0.350. The fourth-order valence-electron chi connectivity index (χ4n) is 3.81. The van der Waals surface area contributed by atoms with E-state index >= 15 is 0 Å². The summed E-state index contributed by atoms with van der Waals surface area (Å²) in [6.45, 7) is 2.20. The zero-order valence-corrected chi connectivity index (χ0v) is 13.7. The first-order valence-electron chi connectivity index (χ1n) is 8.26. The molecule has 1 fully saturated rings. The van der Waals surface area contributed by atoms with Crippen molar-refractivity contribution in [3.05, 3.63) is 65.2 Å². The number of methoxy groups -OCH3 is 1. The summed E-state index contributed by atoms with van der Waals surface area (Å²) in [7, 11) is 3.93. The van der Waals surface area contributed by atoms with Gasteiger partial charge in [-0.25, -0.2) is 0 Å². The Labute approximate surface area is 137 Å². The fourth-order valence-corrected chi connectivity index (χ4v) is 3.81. The number of likely N-dealkylation sites (tertiary alicyclic amines) is 1. The number of aliphatic imine (C=N–C) groups is 1. The summed E-state index contributed by atoms with van der Waals surface area (Å²) in [6, 6.07) is 17.4. The molecule has 0 N–H and O–H groups in total. The Balaban J connectivity index is 1.87. The molecule has 2 aromatic carbocycles. The van der Waals surface area contributed by atoms with Gasteiger partial charge in [-0.1, -0.05) is 36.4 Å². The summed E-state index contributed by atoms with van der Waals surface area (Å²) in [4.78, 5) is 7.57. The molecule has 0 saturated carbocycles. The normalized spacial score (nSPS) is 23.7. The first-order valence-corrected chi connectivity index (χ1v) is 8.26. The number of nitrogens with zero attached hydrogens (tertiary/aromatic N) is 2. The van der Waals surface area contributed by atoms with Crippen LogP contribution >= 0.6 is 0 Å². The Kier molecular flexibility index (Phi) is 3.66. The van der Waals surface area contributed by atoms with Gasteiger partial charge in [0, 0.05) is 23.6 Å². The monoisotopic (exact) mass is 306 g/mol. The van der Waals surface area contributed by atoms with Crippen molar-refractivity contribution >= 4 is 5.71 Å². The van der Waals surface area contributed by atoms with E-state index in [1.165, 1.54) is 16.7 Å². The number of ether oxygens (including phenoxy) is 1. The van der Waals surface area contributed by atoms with E-state index in [2.05, 4.69) is 60.5 Å². The molecule has 2 atom stereocenters. The Morgan fingerprint density at radius 1 is 1.13 bits per heavy atom. The molecule has 0 spiro atoms. The van der Waals surface area contributed by atoms with Gasteiger partial charge in [-0.2, -0.15) is 0 Å². The SMILES string of the molecule is COc1ccc2c(c1)C(c1ccccc1)=NC1CCN(C)CC21. The quantitative estimate of drug-likeness (QED) is 0.850. The second kappa shape index (κ2) is 5.82. The summed E-state index contributed by atoms with van der Waals surface area (Å²) in [5, 5.41) is 0. The highest BCUT2D eigenvalue weighted by Gasteiger charge is 2.35. The maximum absolute atomic E-state index is 5.46. The van der Waals surface area contributed by atoms with Crippen LogP contribution in [0.2, 0.25) is 0 Å². The van der Waals surface area contributed by atoms with E-state index in [1.807, 2.05) is 0 Å². The average molecular weight is 306 g/mol. The topological polar surface area (TPSA) is 24.8 Å². The Morgan fingerprint density at radius 2 is 1.96 bits per heavy atom. The van der Waals surface area contributed by atoms with Gasteiger partial charge in [-0.05, 0) is 37.7 Å². The van der Waals surface area contributed by atoms with Crippen molar-refractivity contribution in [1.29, 1.82) is 0 Å². The van der Waals surface area contributed by atoms with Crippen LogP contribution in [0.5, 0.6) is 5.75 Å². The van der Waals surface area contributed by atoms with Crippen LogP contribution in [0.1, 0.15) is 29.0 Å². The molecule has 23 heavy (non-hydrogen) atoms. The number of piperidine rings is 1. The second-order valence-electron chi connectivity index (χ2n) is 6.52. The molecular formula is C20H22N2O. The molecule has 2 unspecified atom stereocenters. The number of fused-ring (bicyclic) bond motifs is 3. The molecule has 0 radical (unpaired) electrons. The molecule has 3 nitrogen and oxygen atoms in total. The lowest BCUT2D eigenvalue weighted by Crippen LogP contribution is -2.41. The summed E-state index contributed by atoms with van der Waals surface area (Å²) >= 11 is 0. The first-order chi connectivity index (χ1) is 11.3. The molecule has 3 heteroatoms. The maximum Gasteiger partial charge on any atom is 0.119 e. The highest BCUT2D eigenvalue weighted by atomic mass is 16.5. The predicted octanol–water partition coefficient (Wildman–Crippen LogP) is 3.33. The van der Waals surface area contributed by atoms with Gasteiger partial charge in [-0.15, -0.1) is 0 Å². The van der Waals surface area contributed by atoms with Crippen LogP contribution in [0.3, 0.4) is 0 Å². The third-order valence-electron chi connectivity index (χ3n) is 5.04. The molecule has 0 aromatic heterocycles. The lowest BCUT2D eigenvalue weighted by molar-refractivity contribution is 0.227. The van der Waals surface area contributed by atoms with E-state index in [0.29, 0.717) is 12.0 Å². The van der Waals surface area contributed by atoms with Gasteiger partial charge in [0.1, 0.15) is 5.75 Å². The van der Waals surface area contributed by atoms with E-state index in [-0.39, 0.29) is 0 Å². The second-order valence-corrected chi connectivity index (χ2v) is 6.52. The summed E-state index contributed by atoms with van der Waals surface area (Å²) < 4.78 is 5.46. The molecule has 1 saturated heterocycles. The highest BCUT2D eigenvalue weighted by Crippen LogP contribution is 2.38. The molecule has 2 aliphatic heterocycles. The molecule has 0 bridgehead atoms. The van der Waals surface area contributed by atoms with Crippen molar-refractivity contribution in [2.24, 2.45) is 4.99 Å². The lowest BCUT2D eigenvalue weighted by Gasteiger charge is -2.39. The van der Waals surface area contributed by atoms with Gasteiger partial charge >= 0.3 is 0 Å². The zero-order chi connectivity index (χ0) is 15.8. The van der Waals surface area contributed by atoms with E-state index in [9.17, 15) is 0 Å². The standard InChI is InChI=1S/C20H22N2O/c1-22-11-10-19-18(13-22)16-9-8-15(23-2)12-17(16)20(21-19)14-6-4-3-5-7-14/h3-9,12,18-19H,10-11,13H2,1-2H3. The lowest BCUT2D eigenvalue weighted by atomic mass is 9.79. The minimum atomic E-state index is 0.391. The highest BCUT2D eigenvalue weighted by molar-refractivity contribution is 6.14. The third kappa shape index (κ3) is 2.55. The number of rotatable bonds is 2. The van der Waals surface area contributed by atoms with Crippen LogP contribution in [-0.4, -0.2) is 43.9 Å². The zero-order valence-electron chi connectivity index (χ0n) is 13.7. The van der Waals surface area contributed by atoms with Crippen LogP contribution in [0.4, 0.5) is 0 Å². The molecular weight excluding hydrogens is 284 g/mol. The van der Waals surface area contributed by atoms with E-state index < -0.39 is 0 Å². The predicted molar refractivity (Wildman–Crippen MR) is 93.7 cm³/mol. The maximum atomic E-state index is 5.46. The molecule has 118 valence electrons. The Bertz CT molecular complexity index is 739. The van der Waals surface area contributed by atoms with Crippen LogP contribution < -0.4 is 4.74 Å². The summed E-state index contributed by atoms with van der Waals surface area (Å²) in [6.07, 6.45) is 1.13. The Hall–Kier alpha value is -2.13. The van der Waals surface area contributed by atoms with E-state index in [4.69, 9.17) is 9.73 Å². The van der Waals surface area contributed by atoms with Gasteiger partial charge in [0.15, 0.2) is 0 Å². The van der Waals surface area contributed by atoms with Crippen molar-refractivity contribution in [1.82, 2.24) is 4.90 Å². The average Bonchev–Trinajstić information content (AvgIpc) is 2.61. The number of likely N-dealkylation sites (N-methyl/N-ethyl adjacent to an activating group) is 1. The van der Waals surface area contributed by atoms with Gasteiger partial charge in [0.05, 0.1) is 18.9 Å². The summed E-state index contributed by atoms with van der Waals surface area (Å²) in [5.74, 6) is 1.39. The van der Waals surface area contributed by atoms with Crippen molar-refractivity contribution in [3.8, 4) is 5.75 Å². The van der Waals surface area contributed by atoms with Gasteiger partial charge in [0.2, 0.25) is 0 Å². The number of hydrogen-bond donors (Lipinski definition) is 0. The molecule has 2 heterocycles. The molecule has 0 amide bonds. The minimum absolute atomic E-state index is 0.391. The van der Waals surface area contributed by atoms with Crippen LogP contribution in [-0.2, 0) is 0 Å². The number of benzene rings is 2. The van der Waals surface area contributed by atoms with Gasteiger partial charge in [-0.3, -0.25) is 4.99 Å². The minimum Gasteiger partial charge on any atom is -0.497 e. The summed E-state index contributed by atoms with van der Waals surface area (Å²) in [5.41, 5.74) is 4.95. The molecule has 2 aliphatic rings. The van der Waals surface area contributed by atoms with Crippen molar-refractivity contribution in [2.45, 2.75) is 18.4 Å². The van der Waals surface area contributed by atoms with Crippen molar-refractivity contribution in [2.75, 3.05) is 27.2 Å². The van der Waals surface area contributed by atoms with Crippen LogP contribution in [0, 0.1) is 0 Å². The van der Waals surface area contributed by atoms with Crippen LogP contribution in [0.15, 0.2) is 53.5 Å². The van der Waals surface area contributed by atoms with E-state index in [1.54, 1.807) is 7.11 Å². The molecule has 4 rings (SSSR count). The van der Waals surface area contributed by atoms with Crippen LogP contribution in [0.25, 0.3) is 0 Å². The number of hydrogen-bond acceptors (Lipinski definition) is 3. The first kappa shape index (κ1) is 14.5. The Morgan fingerprint density at radius 3 is 2.74 bits per heavy atom. The van der Waals surface area contributed by atoms with Crippen molar-refractivity contribution in [3.63, 3.8) is 0 Å². The molecule has 2 aromatic rings. The third-order valence-corrected chi connectivity index (χ3v) is 5.04. The van der Waals surface area contributed by atoms with Crippen molar-refractivity contribution < 1.29 is 4.74 Å². The van der Waals surface area contributed by atoms with E-state index in [0.717, 1.165) is 31.0 Å².